The fraction of sp³-hybridized carbons (Fsp3) is 0. The quantitative estimate of drug-likeness (QED) is 0.216. The smallest absolute Gasteiger partial charge is 0.266 e. The molecule has 0 atom stereocenters. The van der Waals surface area contributed by atoms with E-state index in [1.165, 1.54) is 6.08 Å². The number of nitrogens with one attached hydrogen (secondary N) is 2. The van der Waals surface area contributed by atoms with Crippen molar-refractivity contribution in [3.05, 3.63) is 125 Å². The highest BCUT2D eigenvalue weighted by atomic mass is 35.5. The van der Waals surface area contributed by atoms with Gasteiger partial charge in [-0.2, -0.15) is 5.26 Å². The second-order valence-corrected chi connectivity index (χ2v) is 8.00. The lowest BCUT2D eigenvalue weighted by Gasteiger charge is -2.12. The van der Waals surface area contributed by atoms with E-state index in [-0.39, 0.29) is 11.5 Å². The molecule has 36 heavy (non-hydrogen) atoms. The molecule has 0 radical (unpaired) electrons. The molecule has 0 saturated carbocycles. The van der Waals surface area contributed by atoms with Gasteiger partial charge in [0.05, 0.1) is 16.3 Å². The topological polar surface area (TPSA) is 91.2 Å². The molecule has 0 aromatic heterocycles. The van der Waals surface area contributed by atoms with Crippen molar-refractivity contribution in [3.63, 3.8) is 0 Å². The first-order valence-electron chi connectivity index (χ1n) is 10.9. The molecule has 0 bridgehead atoms. The molecule has 0 heterocycles. The monoisotopic (exact) mass is 493 g/mol. The summed E-state index contributed by atoms with van der Waals surface area (Å²) < 4.78 is 5.87. The fourth-order valence-corrected chi connectivity index (χ4v) is 3.55. The summed E-state index contributed by atoms with van der Waals surface area (Å²) in [6.07, 6.45) is 1.45. The van der Waals surface area contributed by atoms with Gasteiger partial charge in [0.2, 0.25) is 0 Å². The van der Waals surface area contributed by atoms with Gasteiger partial charge in [-0.3, -0.25) is 9.59 Å². The minimum Gasteiger partial charge on any atom is -0.455 e. The summed E-state index contributed by atoms with van der Waals surface area (Å²) in [7, 11) is 0. The molecule has 4 aromatic carbocycles. The van der Waals surface area contributed by atoms with E-state index in [0.29, 0.717) is 39.0 Å². The third-order valence-corrected chi connectivity index (χ3v) is 5.37. The molecule has 2 N–H and O–H groups in total. The van der Waals surface area contributed by atoms with Gasteiger partial charge in [-0.25, -0.2) is 0 Å². The number of hydrogen-bond donors (Lipinski definition) is 2. The number of anilines is 2. The predicted octanol–water partition coefficient (Wildman–Crippen LogP) is 6.93. The number of carbonyl (C=O) groups is 2. The average molecular weight is 494 g/mol. The van der Waals surface area contributed by atoms with Gasteiger partial charge in [0.25, 0.3) is 11.8 Å². The number of rotatable bonds is 7. The van der Waals surface area contributed by atoms with Crippen molar-refractivity contribution >= 4 is 40.9 Å². The Morgan fingerprint density at radius 2 is 1.56 bits per heavy atom. The summed E-state index contributed by atoms with van der Waals surface area (Å²) >= 11 is 6.10. The van der Waals surface area contributed by atoms with Crippen molar-refractivity contribution in [2.45, 2.75) is 0 Å². The van der Waals surface area contributed by atoms with Crippen LogP contribution >= 0.6 is 11.6 Å². The van der Waals surface area contributed by atoms with Crippen LogP contribution in [-0.2, 0) is 4.79 Å². The molecule has 2 amide bonds. The van der Waals surface area contributed by atoms with Crippen LogP contribution in [0.25, 0.3) is 6.08 Å². The van der Waals surface area contributed by atoms with Gasteiger partial charge in [-0.05, 0) is 60.2 Å². The van der Waals surface area contributed by atoms with Gasteiger partial charge in [0.15, 0.2) is 5.75 Å². The average Bonchev–Trinajstić information content (AvgIpc) is 2.89. The van der Waals surface area contributed by atoms with E-state index in [1.54, 1.807) is 84.9 Å². The lowest BCUT2D eigenvalue weighted by atomic mass is 10.1. The van der Waals surface area contributed by atoms with Gasteiger partial charge in [-0.1, -0.05) is 66.2 Å². The SMILES string of the molecule is N#CC(=Cc1cccc(NC(=O)c2ccccc2Cl)c1)C(=O)Nc1ccccc1Oc1ccccc1. The summed E-state index contributed by atoms with van der Waals surface area (Å²) in [6, 6.07) is 31.6. The molecule has 4 aromatic rings. The number of amides is 2. The van der Waals surface area contributed by atoms with Crippen molar-refractivity contribution in [2.75, 3.05) is 10.6 Å². The lowest BCUT2D eigenvalue weighted by molar-refractivity contribution is -0.112. The molecule has 7 heteroatoms. The minimum atomic E-state index is -0.591. The number of hydrogen-bond acceptors (Lipinski definition) is 4. The van der Waals surface area contributed by atoms with Gasteiger partial charge in [-0.15, -0.1) is 0 Å². The third-order valence-electron chi connectivity index (χ3n) is 5.05. The maximum absolute atomic E-state index is 12.9. The van der Waals surface area contributed by atoms with E-state index in [1.807, 2.05) is 24.3 Å². The van der Waals surface area contributed by atoms with E-state index in [2.05, 4.69) is 10.6 Å². The molecule has 0 saturated heterocycles. The summed E-state index contributed by atoms with van der Waals surface area (Å²) in [6.45, 7) is 0. The Morgan fingerprint density at radius 1 is 0.833 bits per heavy atom. The van der Waals surface area contributed by atoms with Gasteiger partial charge >= 0.3 is 0 Å². The number of nitriles is 1. The summed E-state index contributed by atoms with van der Waals surface area (Å²) in [4.78, 5) is 25.5. The molecule has 0 aliphatic heterocycles. The van der Waals surface area contributed by atoms with Crippen molar-refractivity contribution < 1.29 is 14.3 Å². The number of para-hydroxylation sites is 3. The second kappa shape index (κ2) is 11.5. The lowest BCUT2D eigenvalue weighted by Crippen LogP contribution is -2.14. The van der Waals surface area contributed by atoms with Gasteiger partial charge in [0, 0.05) is 5.69 Å². The summed E-state index contributed by atoms with van der Waals surface area (Å²) in [5.74, 6) is 0.103. The van der Waals surface area contributed by atoms with E-state index < -0.39 is 5.91 Å². The maximum Gasteiger partial charge on any atom is 0.266 e. The molecule has 0 fully saturated rings. The number of benzene rings is 4. The Bertz CT molecular complexity index is 1480. The summed E-state index contributed by atoms with van der Waals surface area (Å²) in [5.41, 5.74) is 1.71. The third kappa shape index (κ3) is 6.17. The van der Waals surface area contributed by atoms with Crippen LogP contribution in [0.4, 0.5) is 11.4 Å². The zero-order chi connectivity index (χ0) is 25.3. The predicted molar refractivity (Wildman–Crippen MR) is 141 cm³/mol. The highest BCUT2D eigenvalue weighted by molar-refractivity contribution is 6.34. The largest absolute Gasteiger partial charge is 0.455 e. The molecule has 176 valence electrons. The normalized spacial score (nSPS) is 10.7. The Balaban J connectivity index is 1.50. The first kappa shape index (κ1) is 24.3. The first-order valence-corrected chi connectivity index (χ1v) is 11.3. The fourth-order valence-electron chi connectivity index (χ4n) is 3.33. The molecular weight excluding hydrogens is 474 g/mol. The Labute approximate surface area is 213 Å². The van der Waals surface area contributed by atoms with E-state index >= 15 is 0 Å². The van der Waals surface area contributed by atoms with Crippen LogP contribution in [0, 0.1) is 11.3 Å². The van der Waals surface area contributed by atoms with E-state index in [0.717, 1.165) is 0 Å². The van der Waals surface area contributed by atoms with Crippen LogP contribution in [0.15, 0.2) is 109 Å². The Kier molecular flexibility index (Phi) is 7.76. The Hall–Kier alpha value is -4.86. The number of nitrogens with zero attached hydrogens (tertiary/aromatic N) is 1. The van der Waals surface area contributed by atoms with Crippen LogP contribution in [0.5, 0.6) is 11.5 Å². The van der Waals surface area contributed by atoms with E-state index in [9.17, 15) is 14.9 Å². The van der Waals surface area contributed by atoms with Crippen molar-refractivity contribution in [3.8, 4) is 17.6 Å². The highest BCUT2D eigenvalue weighted by Crippen LogP contribution is 2.29. The summed E-state index contributed by atoms with van der Waals surface area (Å²) in [5, 5.41) is 15.5. The molecule has 4 rings (SSSR count). The molecule has 0 unspecified atom stereocenters. The van der Waals surface area contributed by atoms with Gasteiger partial charge in [0.1, 0.15) is 17.4 Å². The van der Waals surface area contributed by atoms with Crippen molar-refractivity contribution in [2.24, 2.45) is 0 Å². The highest BCUT2D eigenvalue weighted by Gasteiger charge is 2.14. The zero-order valence-corrected chi connectivity index (χ0v) is 19.7. The maximum atomic E-state index is 12.9. The molecule has 0 aliphatic rings. The van der Waals surface area contributed by atoms with Gasteiger partial charge < -0.3 is 15.4 Å². The molecular formula is C29H20ClN3O3. The zero-order valence-electron chi connectivity index (χ0n) is 18.9. The molecule has 0 spiro atoms. The van der Waals surface area contributed by atoms with Crippen LogP contribution in [0.2, 0.25) is 5.02 Å². The first-order chi connectivity index (χ1) is 17.5. The second-order valence-electron chi connectivity index (χ2n) is 7.59. The van der Waals surface area contributed by atoms with Crippen molar-refractivity contribution in [1.82, 2.24) is 0 Å². The van der Waals surface area contributed by atoms with Crippen molar-refractivity contribution in [1.29, 1.82) is 5.26 Å². The number of carbonyl (C=O) groups excluding carboxylic acids is 2. The standard InChI is InChI=1S/C29H20ClN3O3/c30-25-14-5-4-13-24(25)29(35)32-22-10-8-9-20(18-22)17-21(19-31)28(34)33-26-15-6-7-16-27(26)36-23-11-2-1-3-12-23/h1-18H,(H,32,35)(H,33,34). The molecule has 6 nitrogen and oxygen atoms in total. The van der Waals surface area contributed by atoms with Crippen LogP contribution in [0.3, 0.4) is 0 Å². The van der Waals surface area contributed by atoms with Crippen LogP contribution in [-0.4, -0.2) is 11.8 Å². The number of halogens is 1. The number of ether oxygens (including phenoxy) is 1. The van der Waals surface area contributed by atoms with Crippen LogP contribution in [0.1, 0.15) is 15.9 Å². The minimum absolute atomic E-state index is 0.112. The Morgan fingerprint density at radius 3 is 2.33 bits per heavy atom. The van der Waals surface area contributed by atoms with E-state index in [4.69, 9.17) is 16.3 Å². The van der Waals surface area contributed by atoms with Crippen LogP contribution < -0.4 is 15.4 Å². The molecule has 0 aliphatic carbocycles.